The van der Waals surface area contributed by atoms with E-state index in [4.69, 9.17) is 5.26 Å². The molecule has 0 saturated heterocycles. The molecule has 0 heterocycles. The zero-order chi connectivity index (χ0) is 11.6. The number of hydrogen-bond donors (Lipinski definition) is 1. The lowest BCUT2D eigenvalue weighted by Gasteiger charge is -2.20. The Bertz CT molecular complexity index is 545. The number of benzene rings is 2. The molecule has 1 N–H and O–H groups in total. The average molecular weight is 210 g/mol. The summed E-state index contributed by atoms with van der Waals surface area (Å²) >= 11 is 0. The summed E-state index contributed by atoms with van der Waals surface area (Å²) in [5.41, 5.74) is 0.453. The Hall–Kier alpha value is -2.01. The van der Waals surface area contributed by atoms with E-state index in [0.717, 1.165) is 11.1 Å². The van der Waals surface area contributed by atoms with Crippen molar-refractivity contribution in [3.8, 4) is 6.07 Å². The van der Waals surface area contributed by atoms with Crippen LogP contribution in [0.2, 0.25) is 0 Å². The van der Waals surface area contributed by atoms with Crippen LogP contribution in [-0.4, -0.2) is 5.54 Å². The Morgan fingerprint density at radius 3 is 2.50 bits per heavy atom. The SMILES string of the molecule is CC(C)(C#N)Nc1cccc2ccccc12. The van der Waals surface area contributed by atoms with Crippen LogP contribution in [-0.2, 0) is 0 Å². The number of fused-ring (bicyclic) bond motifs is 1. The maximum absolute atomic E-state index is 9.01. The molecule has 0 fully saturated rings. The Balaban J connectivity index is 2.50. The van der Waals surface area contributed by atoms with Crippen LogP contribution in [0.15, 0.2) is 42.5 Å². The molecule has 80 valence electrons. The van der Waals surface area contributed by atoms with E-state index in [9.17, 15) is 0 Å². The fraction of sp³-hybridized carbons (Fsp3) is 0.214. The van der Waals surface area contributed by atoms with Crippen molar-refractivity contribution in [2.24, 2.45) is 0 Å². The van der Waals surface area contributed by atoms with Crippen LogP contribution in [0.25, 0.3) is 10.8 Å². The summed E-state index contributed by atoms with van der Waals surface area (Å²) in [6.45, 7) is 3.74. The van der Waals surface area contributed by atoms with Gasteiger partial charge in [-0.05, 0) is 25.3 Å². The highest BCUT2D eigenvalue weighted by Gasteiger charge is 2.16. The Kier molecular flexibility index (Phi) is 2.54. The third kappa shape index (κ3) is 1.99. The van der Waals surface area contributed by atoms with Gasteiger partial charge >= 0.3 is 0 Å². The molecular weight excluding hydrogens is 196 g/mol. The van der Waals surface area contributed by atoms with Gasteiger partial charge in [0.15, 0.2) is 0 Å². The van der Waals surface area contributed by atoms with Crippen molar-refractivity contribution in [2.75, 3.05) is 5.32 Å². The summed E-state index contributed by atoms with van der Waals surface area (Å²) in [4.78, 5) is 0. The summed E-state index contributed by atoms with van der Waals surface area (Å²) in [5.74, 6) is 0. The maximum Gasteiger partial charge on any atom is 0.119 e. The summed E-state index contributed by atoms with van der Waals surface area (Å²) in [6.07, 6.45) is 0. The third-order valence-corrected chi connectivity index (χ3v) is 2.52. The van der Waals surface area contributed by atoms with Gasteiger partial charge in [-0.3, -0.25) is 0 Å². The molecule has 16 heavy (non-hydrogen) atoms. The van der Waals surface area contributed by atoms with Crippen molar-refractivity contribution in [3.63, 3.8) is 0 Å². The minimum Gasteiger partial charge on any atom is -0.367 e. The molecule has 0 aliphatic rings. The maximum atomic E-state index is 9.01. The zero-order valence-electron chi connectivity index (χ0n) is 9.49. The first-order valence-electron chi connectivity index (χ1n) is 5.29. The van der Waals surface area contributed by atoms with Crippen LogP contribution in [0.4, 0.5) is 5.69 Å². The van der Waals surface area contributed by atoms with Crippen LogP contribution in [0.5, 0.6) is 0 Å². The smallest absolute Gasteiger partial charge is 0.119 e. The van der Waals surface area contributed by atoms with E-state index in [0.29, 0.717) is 0 Å². The quantitative estimate of drug-likeness (QED) is 0.822. The van der Waals surface area contributed by atoms with E-state index in [1.165, 1.54) is 5.39 Å². The minimum absolute atomic E-state index is 0.551. The van der Waals surface area contributed by atoms with Gasteiger partial charge in [0.2, 0.25) is 0 Å². The van der Waals surface area contributed by atoms with Crippen LogP contribution in [0, 0.1) is 11.3 Å². The first-order valence-corrected chi connectivity index (χ1v) is 5.29. The minimum atomic E-state index is -0.551. The van der Waals surface area contributed by atoms with Crippen molar-refractivity contribution < 1.29 is 0 Å². The first kappa shape index (κ1) is 10.5. The number of nitriles is 1. The zero-order valence-corrected chi connectivity index (χ0v) is 9.49. The third-order valence-electron chi connectivity index (χ3n) is 2.52. The predicted octanol–water partition coefficient (Wildman–Crippen LogP) is 3.55. The van der Waals surface area contributed by atoms with Gasteiger partial charge < -0.3 is 5.32 Å². The molecule has 2 heteroatoms. The molecule has 2 aromatic rings. The molecule has 0 aliphatic heterocycles. The van der Waals surface area contributed by atoms with Gasteiger partial charge in [0, 0.05) is 11.1 Å². The van der Waals surface area contributed by atoms with Gasteiger partial charge in [0.1, 0.15) is 5.54 Å². The number of hydrogen-bond acceptors (Lipinski definition) is 2. The first-order chi connectivity index (χ1) is 7.62. The van der Waals surface area contributed by atoms with E-state index < -0.39 is 5.54 Å². The van der Waals surface area contributed by atoms with Crippen molar-refractivity contribution in [1.82, 2.24) is 0 Å². The molecule has 2 rings (SSSR count). The number of rotatable bonds is 2. The van der Waals surface area contributed by atoms with Gasteiger partial charge in [-0.2, -0.15) is 5.26 Å². The summed E-state index contributed by atoms with van der Waals surface area (Å²) in [7, 11) is 0. The second-order valence-electron chi connectivity index (χ2n) is 4.39. The molecule has 0 unspecified atom stereocenters. The molecule has 0 aromatic heterocycles. The van der Waals surface area contributed by atoms with E-state index in [1.54, 1.807) is 0 Å². The number of nitrogens with one attached hydrogen (secondary N) is 1. The highest BCUT2D eigenvalue weighted by atomic mass is 15.0. The molecule has 0 aliphatic carbocycles. The highest BCUT2D eigenvalue weighted by Crippen LogP contribution is 2.25. The summed E-state index contributed by atoms with van der Waals surface area (Å²) in [5, 5.41) is 14.6. The van der Waals surface area contributed by atoms with Crippen LogP contribution < -0.4 is 5.32 Å². The monoisotopic (exact) mass is 210 g/mol. The Morgan fingerprint density at radius 2 is 1.75 bits per heavy atom. The number of anilines is 1. The van der Waals surface area contributed by atoms with E-state index >= 15 is 0 Å². The molecule has 0 spiro atoms. The summed E-state index contributed by atoms with van der Waals surface area (Å²) < 4.78 is 0. The van der Waals surface area contributed by atoms with Crippen molar-refractivity contribution in [2.45, 2.75) is 19.4 Å². The topological polar surface area (TPSA) is 35.8 Å². The van der Waals surface area contributed by atoms with Gasteiger partial charge in [0.05, 0.1) is 6.07 Å². The van der Waals surface area contributed by atoms with Gasteiger partial charge in [0.25, 0.3) is 0 Å². The highest BCUT2D eigenvalue weighted by molar-refractivity contribution is 5.94. The summed E-state index contributed by atoms with van der Waals surface area (Å²) in [6, 6.07) is 16.5. The fourth-order valence-electron chi connectivity index (χ4n) is 1.70. The lowest BCUT2D eigenvalue weighted by Crippen LogP contribution is -2.28. The largest absolute Gasteiger partial charge is 0.367 e. The van der Waals surface area contributed by atoms with Crippen molar-refractivity contribution >= 4 is 16.5 Å². The predicted molar refractivity (Wildman–Crippen MR) is 67.3 cm³/mol. The van der Waals surface area contributed by atoms with E-state index in [2.05, 4.69) is 29.6 Å². The normalized spacial score (nSPS) is 11.1. The average Bonchev–Trinajstić information content (AvgIpc) is 2.29. The molecule has 0 saturated carbocycles. The molecule has 2 aromatic carbocycles. The van der Waals surface area contributed by atoms with E-state index in [1.807, 2.05) is 38.1 Å². The molecule has 0 atom stereocenters. The molecule has 0 bridgehead atoms. The van der Waals surface area contributed by atoms with Gasteiger partial charge in [-0.1, -0.05) is 36.4 Å². The standard InChI is InChI=1S/C14H14N2/c1-14(2,10-15)16-13-9-5-7-11-6-3-4-8-12(11)13/h3-9,16H,1-2H3. The van der Waals surface area contributed by atoms with Gasteiger partial charge in [-0.15, -0.1) is 0 Å². The lowest BCUT2D eigenvalue weighted by molar-refractivity contribution is 0.730. The fourth-order valence-corrected chi connectivity index (χ4v) is 1.70. The van der Waals surface area contributed by atoms with Crippen LogP contribution in [0.1, 0.15) is 13.8 Å². The second-order valence-corrected chi connectivity index (χ2v) is 4.39. The van der Waals surface area contributed by atoms with Crippen LogP contribution >= 0.6 is 0 Å². The second kappa shape index (κ2) is 3.86. The Labute approximate surface area is 95.5 Å². The van der Waals surface area contributed by atoms with Crippen LogP contribution in [0.3, 0.4) is 0 Å². The molecule has 2 nitrogen and oxygen atoms in total. The molecule has 0 amide bonds. The van der Waals surface area contributed by atoms with Crippen molar-refractivity contribution in [3.05, 3.63) is 42.5 Å². The molecular formula is C14H14N2. The van der Waals surface area contributed by atoms with Crippen molar-refractivity contribution in [1.29, 1.82) is 5.26 Å². The number of nitrogens with zero attached hydrogens (tertiary/aromatic N) is 1. The van der Waals surface area contributed by atoms with E-state index in [-0.39, 0.29) is 0 Å². The lowest BCUT2D eigenvalue weighted by atomic mass is 10.0. The molecule has 0 radical (unpaired) electrons. The Morgan fingerprint density at radius 1 is 1.06 bits per heavy atom. The van der Waals surface area contributed by atoms with Gasteiger partial charge in [-0.25, -0.2) is 0 Å².